The number of fused-ring (bicyclic) bond motifs is 1. The van der Waals surface area contributed by atoms with Crippen LogP contribution < -0.4 is 21.1 Å². The fourth-order valence-electron chi connectivity index (χ4n) is 4.84. The van der Waals surface area contributed by atoms with Crippen molar-refractivity contribution in [3.05, 3.63) is 54.2 Å². The van der Waals surface area contributed by atoms with Gasteiger partial charge in [0, 0.05) is 24.7 Å². The average Bonchev–Trinajstić information content (AvgIpc) is 3.38. The monoisotopic (exact) mass is 560 g/mol. The average molecular weight is 561 g/mol. The second-order valence-electron chi connectivity index (χ2n) is 9.44. The van der Waals surface area contributed by atoms with Gasteiger partial charge >= 0.3 is 0 Å². The van der Waals surface area contributed by atoms with E-state index >= 15 is 0 Å². The zero-order chi connectivity index (χ0) is 28.8. The van der Waals surface area contributed by atoms with E-state index in [2.05, 4.69) is 19.9 Å². The van der Waals surface area contributed by atoms with Gasteiger partial charge in [0.1, 0.15) is 24.6 Å². The maximum atomic E-state index is 14.9. The lowest BCUT2D eigenvalue weighted by Crippen LogP contribution is -2.63. The molecular weight excluding hydrogens is 536 g/mol. The molecule has 40 heavy (non-hydrogen) atoms. The number of rotatable bonds is 6. The van der Waals surface area contributed by atoms with Gasteiger partial charge in [-0.25, -0.2) is 37.1 Å². The summed E-state index contributed by atoms with van der Waals surface area (Å²) in [7, 11) is 1.19. The normalized spacial score (nSPS) is 18.4. The fourth-order valence-corrected chi connectivity index (χ4v) is 4.84. The van der Waals surface area contributed by atoms with Crippen molar-refractivity contribution in [1.82, 2.24) is 24.5 Å². The van der Waals surface area contributed by atoms with Crippen LogP contribution in [0.4, 0.5) is 29.1 Å². The molecule has 0 aliphatic carbocycles. The number of piperidine rings is 1. The second-order valence-corrected chi connectivity index (χ2v) is 9.44. The van der Waals surface area contributed by atoms with Gasteiger partial charge in [-0.05, 0) is 25.0 Å². The summed E-state index contributed by atoms with van der Waals surface area (Å²) in [6.45, 7) is 0.0622. The molecule has 1 saturated heterocycles. The van der Waals surface area contributed by atoms with E-state index in [0.717, 1.165) is 23.0 Å². The van der Waals surface area contributed by atoms with E-state index < -0.39 is 35.6 Å². The Morgan fingerprint density at radius 3 is 2.65 bits per heavy atom. The van der Waals surface area contributed by atoms with Crippen LogP contribution in [0.3, 0.4) is 0 Å². The van der Waals surface area contributed by atoms with Crippen LogP contribution in [0, 0.1) is 11.6 Å². The second kappa shape index (κ2) is 10.3. The van der Waals surface area contributed by atoms with E-state index in [9.17, 15) is 27.5 Å². The minimum absolute atomic E-state index is 0.0351. The zero-order valence-electron chi connectivity index (χ0n) is 21.1. The molecule has 1 aromatic carbocycles. The number of carbonyl (C=O) groups excluding carboxylic acids is 1. The van der Waals surface area contributed by atoms with Gasteiger partial charge in [-0.1, -0.05) is 0 Å². The SMILES string of the molecule is COc1cc(F)c(-c2cc(C(=O)n3cnc4c(N)ncnc43)c(N3CCC[C@](N)([C@@H](O)C(F)F)C3)cn2)cc1F. The van der Waals surface area contributed by atoms with Gasteiger partial charge in [0.05, 0.1) is 35.8 Å². The standard InChI is InChI=1S/C25H24F4N8O3/c1-40-18-7-14(26)12(5-15(18)27)16-6-13(24(39)37-11-35-19-22(30)33-10-34-23(19)37)17(8-32-16)36-4-2-3-25(31,9-36)20(38)21(28)29/h5-8,10-11,20-21,38H,2-4,9,31H2,1H3,(H2,30,33,34)/t20-,25+/m0/s1. The number of ether oxygens (including phenoxy) is 1. The Bertz CT molecular complexity index is 1600. The lowest BCUT2D eigenvalue weighted by atomic mass is 9.84. The minimum atomic E-state index is -3.08. The maximum Gasteiger partial charge on any atom is 0.267 e. The van der Waals surface area contributed by atoms with E-state index in [1.54, 1.807) is 4.90 Å². The van der Waals surface area contributed by atoms with Crippen molar-refractivity contribution in [3.63, 3.8) is 0 Å². The van der Waals surface area contributed by atoms with Crippen LogP contribution in [-0.2, 0) is 0 Å². The first-order valence-corrected chi connectivity index (χ1v) is 12.1. The topological polar surface area (TPSA) is 158 Å². The third-order valence-electron chi connectivity index (χ3n) is 6.94. The van der Waals surface area contributed by atoms with Crippen LogP contribution in [0.15, 0.2) is 37.1 Å². The van der Waals surface area contributed by atoms with E-state index in [1.807, 2.05) is 0 Å². The van der Waals surface area contributed by atoms with Crippen LogP contribution in [-0.4, -0.2) is 73.8 Å². The third-order valence-corrected chi connectivity index (χ3v) is 6.94. The molecule has 210 valence electrons. The molecule has 1 fully saturated rings. The van der Waals surface area contributed by atoms with Gasteiger partial charge in [0.2, 0.25) is 0 Å². The number of hydrogen-bond acceptors (Lipinski definition) is 10. The number of halogens is 4. The summed E-state index contributed by atoms with van der Waals surface area (Å²) in [6.07, 6.45) is -1.19. The molecule has 3 aromatic heterocycles. The Balaban J connectivity index is 1.65. The number of imidazole rings is 1. The predicted molar refractivity (Wildman–Crippen MR) is 136 cm³/mol. The first-order chi connectivity index (χ1) is 19.0. The lowest BCUT2D eigenvalue weighted by Gasteiger charge is -2.44. The highest BCUT2D eigenvalue weighted by Gasteiger charge is 2.43. The Morgan fingerprint density at radius 2 is 1.93 bits per heavy atom. The number of nitrogens with two attached hydrogens (primary N) is 2. The zero-order valence-corrected chi connectivity index (χ0v) is 21.1. The molecule has 0 radical (unpaired) electrons. The summed E-state index contributed by atoms with van der Waals surface area (Å²) in [5.41, 5.74) is 10.4. The Labute approximate surface area is 224 Å². The molecule has 4 aromatic rings. The number of pyridine rings is 1. The van der Waals surface area contributed by atoms with Crippen molar-refractivity contribution in [3.8, 4) is 17.0 Å². The van der Waals surface area contributed by atoms with E-state index in [0.29, 0.717) is 13.0 Å². The largest absolute Gasteiger partial charge is 0.494 e. The van der Waals surface area contributed by atoms with Crippen LogP contribution in [0.1, 0.15) is 23.2 Å². The molecule has 15 heteroatoms. The number of nitrogens with zero attached hydrogens (tertiary/aromatic N) is 6. The Morgan fingerprint density at radius 1 is 1.15 bits per heavy atom. The molecule has 1 aliphatic rings. The molecule has 0 spiro atoms. The third kappa shape index (κ3) is 4.66. The van der Waals surface area contributed by atoms with Crippen molar-refractivity contribution in [2.45, 2.75) is 30.9 Å². The Kier molecular flexibility index (Phi) is 7.01. The first kappa shape index (κ1) is 27.2. The van der Waals surface area contributed by atoms with Gasteiger partial charge in [0.15, 0.2) is 28.5 Å². The van der Waals surface area contributed by atoms with E-state index in [4.69, 9.17) is 16.2 Å². The quantitative estimate of drug-likeness (QED) is 0.299. The van der Waals surface area contributed by atoms with Crippen molar-refractivity contribution in [1.29, 1.82) is 0 Å². The summed E-state index contributed by atoms with van der Waals surface area (Å²) in [4.78, 5) is 31.7. The van der Waals surface area contributed by atoms with Crippen LogP contribution >= 0.6 is 0 Å². The van der Waals surface area contributed by atoms with Crippen LogP contribution in [0.5, 0.6) is 5.75 Å². The number of carbonyl (C=O) groups is 1. The van der Waals surface area contributed by atoms with E-state index in [1.165, 1.54) is 25.7 Å². The van der Waals surface area contributed by atoms with Gasteiger partial charge in [0.25, 0.3) is 12.3 Å². The molecule has 0 bridgehead atoms. The summed E-state index contributed by atoms with van der Waals surface area (Å²) >= 11 is 0. The molecular formula is C25H24F4N8O3. The molecule has 0 saturated carbocycles. The van der Waals surface area contributed by atoms with Crippen molar-refractivity contribution in [2.24, 2.45) is 5.73 Å². The molecule has 2 atom stereocenters. The highest BCUT2D eigenvalue weighted by Crippen LogP contribution is 2.35. The minimum Gasteiger partial charge on any atom is -0.494 e. The molecule has 0 unspecified atom stereocenters. The number of hydrogen-bond donors (Lipinski definition) is 3. The van der Waals surface area contributed by atoms with Crippen molar-refractivity contribution in [2.75, 3.05) is 30.8 Å². The number of nitrogen functional groups attached to an aromatic ring is 1. The number of alkyl halides is 2. The first-order valence-electron chi connectivity index (χ1n) is 12.1. The molecule has 1 aliphatic heterocycles. The molecule has 11 nitrogen and oxygen atoms in total. The Hall–Kier alpha value is -4.37. The fraction of sp³-hybridized carbons (Fsp3) is 0.320. The van der Waals surface area contributed by atoms with Crippen molar-refractivity contribution >= 4 is 28.6 Å². The van der Waals surface area contributed by atoms with Gasteiger partial charge in [-0.15, -0.1) is 0 Å². The maximum absolute atomic E-state index is 14.9. The molecule has 5 rings (SSSR count). The lowest BCUT2D eigenvalue weighted by molar-refractivity contribution is -0.0529. The van der Waals surface area contributed by atoms with Gasteiger partial charge in [-0.2, -0.15) is 0 Å². The highest BCUT2D eigenvalue weighted by molar-refractivity contribution is 6.05. The number of aromatic nitrogens is 5. The number of benzene rings is 1. The molecule has 5 N–H and O–H groups in total. The number of aliphatic hydroxyl groups excluding tert-OH is 1. The smallest absolute Gasteiger partial charge is 0.267 e. The number of methoxy groups -OCH3 is 1. The number of aliphatic hydroxyl groups is 1. The summed E-state index contributed by atoms with van der Waals surface area (Å²) in [6, 6.07) is 2.98. The number of anilines is 2. The van der Waals surface area contributed by atoms with Crippen LogP contribution in [0.25, 0.3) is 22.4 Å². The highest BCUT2D eigenvalue weighted by atomic mass is 19.3. The summed E-state index contributed by atoms with van der Waals surface area (Å²) in [5.74, 6) is -2.69. The summed E-state index contributed by atoms with van der Waals surface area (Å²) < 4.78 is 62.1. The van der Waals surface area contributed by atoms with Gasteiger partial charge in [-0.3, -0.25) is 9.78 Å². The van der Waals surface area contributed by atoms with Gasteiger partial charge < -0.3 is 26.2 Å². The predicted octanol–water partition coefficient (Wildman–Crippen LogP) is 2.37. The molecule has 0 amide bonds. The molecule has 4 heterocycles. The van der Waals surface area contributed by atoms with Crippen molar-refractivity contribution < 1.29 is 32.2 Å². The van der Waals surface area contributed by atoms with Crippen LogP contribution in [0.2, 0.25) is 0 Å². The van der Waals surface area contributed by atoms with E-state index in [-0.39, 0.29) is 58.2 Å². The summed E-state index contributed by atoms with van der Waals surface area (Å²) in [5, 5.41) is 10.1.